The van der Waals surface area contributed by atoms with Crippen molar-refractivity contribution in [1.29, 1.82) is 0 Å². The quantitative estimate of drug-likeness (QED) is 0.133. The summed E-state index contributed by atoms with van der Waals surface area (Å²) in [7, 11) is -3.02. The van der Waals surface area contributed by atoms with Crippen LogP contribution < -0.4 is 30.5 Å². The lowest BCUT2D eigenvalue weighted by Crippen LogP contribution is -2.77. The second kappa shape index (κ2) is 17.1. The summed E-state index contributed by atoms with van der Waals surface area (Å²) in [5.41, 5.74) is 16.3. The van der Waals surface area contributed by atoms with E-state index in [1.165, 1.54) is 76.6 Å². The predicted molar refractivity (Wildman–Crippen MR) is 296 cm³/mol. The molecule has 11 aromatic carbocycles. The molecule has 3 heteroatoms. The Hall–Kier alpha value is -8.76. The van der Waals surface area contributed by atoms with Gasteiger partial charge in [-0.05, 0) is 126 Å². The fourth-order valence-corrected chi connectivity index (χ4v) is 17.0. The number of hydrogen-bond donors (Lipinski definition) is 0. The molecule has 0 atom stereocenters. The van der Waals surface area contributed by atoms with Gasteiger partial charge >= 0.3 is 0 Å². The summed E-state index contributed by atoms with van der Waals surface area (Å²) < 4.78 is 0. The van der Waals surface area contributed by atoms with Crippen molar-refractivity contribution in [2.45, 2.75) is 5.41 Å². The summed E-state index contributed by atoms with van der Waals surface area (Å²) in [4.78, 5) is 4.98. The minimum absolute atomic E-state index is 0.550. The molecule has 1 aliphatic heterocycles. The average molecular weight is 909 g/mol. The monoisotopic (exact) mass is 908 g/mol. The number of hydrogen-bond acceptors (Lipinski definition) is 2. The van der Waals surface area contributed by atoms with Gasteiger partial charge < -0.3 is 9.80 Å². The van der Waals surface area contributed by atoms with Crippen molar-refractivity contribution >= 4 is 62.9 Å². The van der Waals surface area contributed by atoms with Crippen LogP contribution in [0.3, 0.4) is 0 Å². The molecule has 0 bridgehead atoms. The molecule has 1 aliphatic carbocycles. The van der Waals surface area contributed by atoms with Crippen LogP contribution in [-0.2, 0) is 5.41 Å². The van der Waals surface area contributed by atoms with Crippen LogP contribution in [0, 0.1) is 0 Å². The Bertz CT molecular complexity index is 3570. The Morgan fingerprint density at radius 3 is 1.43 bits per heavy atom. The topological polar surface area (TPSA) is 6.48 Å². The molecular formula is C67H48N2Si. The highest BCUT2D eigenvalue weighted by Gasteiger charge is 2.50. The van der Waals surface area contributed by atoms with Crippen LogP contribution in [0.5, 0.6) is 0 Å². The molecular weight excluding hydrogens is 861 g/mol. The standard InChI is InChI=1S/C67H48N2Si/c1-6-23-49(24-7-1)50-41-43-54(44-42-50)68(55-30-22-27-52(47-55)67(51-25-8-2-9-26-51)61-37-18-16-35-59(61)60-36-17-19-38-62(60)67)56-45-46-64-66(48-56)70(57-31-12-4-13-32-57,58-33-14-5-15-34-58)65-40-21-20-39-63(65)69(64)53-28-10-3-11-29-53/h1-48H. The van der Waals surface area contributed by atoms with E-state index in [1.54, 1.807) is 0 Å². The second-order valence-electron chi connectivity index (χ2n) is 18.4. The molecule has 0 saturated carbocycles. The van der Waals surface area contributed by atoms with Crippen LogP contribution in [0.2, 0.25) is 0 Å². The normalized spacial score (nSPS) is 13.6. The fourth-order valence-electron chi connectivity index (χ4n) is 11.9. The van der Waals surface area contributed by atoms with E-state index in [2.05, 4.69) is 301 Å². The zero-order chi connectivity index (χ0) is 46.5. The first-order valence-corrected chi connectivity index (χ1v) is 26.3. The van der Waals surface area contributed by atoms with Gasteiger partial charge in [0.25, 0.3) is 0 Å². The summed E-state index contributed by atoms with van der Waals surface area (Å²) in [6, 6.07) is 108. The van der Waals surface area contributed by atoms with Crippen LogP contribution in [0.4, 0.5) is 34.1 Å². The van der Waals surface area contributed by atoms with Gasteiger partial charge in [-0.15, -0.1) is 0 Å². The van der Waals surface area contributed by atoms with E-state index >= 15 is 0 Å². The maximum atomic E-state index is 2.54. The third-order valence-corrected chi connectivity index (χ3v) is 19.6. The molecule has 0 spiro atoms. The number of fused-ring (bicyclic) bond motifs is 5. The first-order chi connectivity index (χ1) is 34.7. The minimum Gasteiger partial charge on any atom is -0.311 e. The van der Waals surface area contributed by atoms with E-state index in [1.807, 2.05) is 0 Å². The van der Waals surface area contributed by atoms with Crippen molar-refractivity contribution in [1.82, 2.24) is 0 Å². The van der Waals surface area contributed by atoms with Gasteiger partial charge in [-0.2, -0.15) is 0 Å². The maximum absolute atomic E-state index is 3.02. The Balaban J connectivity index is 1.10. The van der Waals surface area contributed by atoms with Crippen LogP contribution >= 0.6 is 0 Å². The molecule has 13 rings (SSSR count). The van der Waals surface area contributed by atoms with Crippen molar-refractivity contribution in [2.24, 2.45) is 0 Å². The molecule has 2 aliphatic rings. The highest BCUT2D eigenvalue weighted by Crippen LogP contribution is 2.56. The molecule has 0 unspecified atom stereocenters. The lowest BCUT2D eigenvalue weighted by atomic mass is 9.67. The van der Waals surface area contributed by atoms with Crippen molar-refractivity contribution < 1.29 is 0 Å². The SMILES string of the molecule is c1ccc(-c2ccc(N(c3cccc(C4(c5ccccc5)c5ccccc5-c5ccccc54)c3)c3ccc4c(c3)[Si](c3ccccc3)(c3ccccc3)c3ccccc3N4c3ccccc3)cc2)cc1. The van der Waals surface area contributed by atoms with Crippen molar-refractivity contribution in [3.63, 3.8) is 0 Å². The smallest absolute Gasteiger partial charge is 0.184 e. The third-order valence-electron chi connectivity index (χ3n) is 14.8. The van der Waals surface area contributed by atoms with E-state index in [0.29, 0.717) is 0 Å². The minimum atomic E-state index is -3.02. The first kappa shape index (κ1) is 41.4. The van der Waals surface area contributed by atoms with Crippen LogP contribution in [0.1, 0.15) is 22.3 Å². The van der Waals surface area contributed by atoms with Crippen LogP contribution in [-0.4, -0.2) is 8.07 Å². The zero-order valence-corrected chi connectivity index (χ0v) is 39.6. The number of benzene rings is 11. The van der Waals surface area contributed by atoms with E-state index in [0.717, 1.165) is 22.7 Å². The van der Waals surface area contributed by atoms with Gasteiger partial charge in [0.1, 0.15) is 0 Å². The number of rotatable bonds is 9. The maximum Gasteiger partial charge on any atom is 0.184 e. The zero-order valence-electron chi connectivity index (χ0n) is 38.6. The van der Waals surface area contributed by atoms with Crippen molar-refractivity contribution in [3.05, 3.63) is 313 Å². The summed E-state index contributed by atoms with van der Waals surface area (Å²) in [5.74, 6) is 0. The second-order valence-corrected chi connectivity index (χ2v) is 22.1. The third kappa shape index (κ3) is 6.40. The van der Waals surface area contributed by atoms with Crippen LogP contribution in [0.25, 0.3) is 22.3 Å². The van der Waals surface area contributed by atoms with Gasteiger partial charge in [0.05, 0.1) is 5.41 Å². The molecule has 11 aromatic rings. The summed E-state index contributed by atoms with van der Waals surface area (Å²) in [5, 5.41) is 5.41. The van der Waals surface area contributed by atoms with Crippen molar-refractivity contribution in [2.75, 3.05) is 9.80 Å². The Morgan fingerprint density at radius 2 is 0.786 bits per heavy atom. The number of anilines is 6. The van der Waals surface area contributed by atoms with Gasteiger partial charge in [0.15, 0.2) is 8.07 Å². The summed E-state index contributed by atoms with van der Waals surface area (Å²) >= 11 is 0. The Kier molecular flexibility index (Phi) is 10.1. The Morgan fingerprint density at radius 1 is 0.314 bits per heavy atom. The fraction of sp³-hybridized carbons (Fsp3) is 0.0149. The van der Waals surface area contributed by atoms with E-state index < -0.39 is 13.5 Å². The van der Waals surface area contributed by atoms with Gasteiger partial charge in [-0.3, -0.25) is 0 Å². The molecule has 0 fully saturated rings. The molecule has 0 amide bonds. The molecule has 2 nitrogen and oxygen atoms in total. The molecule has 70 heavy (non-hydrogen) atoms. The first-order valence-electron chi connectivity index (χ1n) is 24.3. The lowest BCUT2D eigenvalue weighted by Gasteiger charge is -2.45. The van der Waals surface area contributed by atoms with Crippen molar-refractivity contribution in [3.8, 4) is 22.3 Å². The van der Waals surface area contributed by atoms with E-state index in [-0.39, 0.29) is 0 Å². The molecule has 330 valence electrons. The van der Waals surface area contributed by atoms with Gasteiger partial charge in [0, 0.05) is 34.1 Å². The van der Waals surface area contributed by atoms with Gasteiger partial charge in [-0.25, -0.2) is 0 Å². The summed E-state index contributed by atoms with van der Waals surface area (Å²) in [6.07, 6.45) is 0. The lowest BCUT2D eigenvalue weighted by molar-refractivity contribution is 0.768. The number of para-hydroxylation sites is 2. The highest BCUT2D eigenvalue weighted by atomic mass is 28.3. The highest BCUT2D eigenvalue weighted by molar-refractivity contribution is 7.21. The largest absolute Gasteiger partial charge is 0.311 e. The molecule has 0 radical (unpaired) electrons. The van der Waals surface area contributed by atoms with E-state index in [9.17, 15) is 0 Å². The van der Waals surface area contributed by atoms with Crippen LogP contribution in [0.15, 0.2) is 291 Å². The molecule has 1 heterocycles. The van der Waals surface area contributed by atoms with E-state index in [4.69, 9.17) is 0 Å². The number of nitrogens with zero attached hydrogens (tertiary/aromatic N) is 2. The van der Waals surface area contributed by atoms with Gasteiger partial charge in [-0.1, -0.05) is 231 Å². The summed E-state index contributed by atoms with van der Waals surface area (Å²) in [6.45, 7) is 0. The average Bonchev–Trinajstić information content (AvgIpc) is 3.75. The molecule has 0 N–H and O–H groups in total. The predicted octanol–water partition coefficient (Wildman–Crippen LogP) is 14.3. The molecule has 0 aromatic heterocycles. The molecule has 0 saturated heterocycles. The van der Waals surface area contributed by atoms with Gasteiger partial charge in [0.2, 0.25) is 0 Å². The Labute approximate surface area is 411 Å².